The van der Waals surface area contributed by atoms with Crippen molar-refractivity contribution in [2.75, 3.05) is 0 Å². The van der Waals surface area contributed by atoms with Crippen molar-refractivity contribution in [2.24, 2.45) is 0 Å². The summed E-state index contributed by atoms with van der Waals surface area (Å²) < 4.78 is 0. The van der Waals surface area contributed by atoms with E-state index in [4.69, 9.17) is 0 Å². The zero-order chi connectivity index (χ0) is 8.53. The quantitative estimate of drug-likeness (QED) is 0.344. The topological polar surface area (TPSA) is 17.1 Å². The van der Waals surface area contributed by atoms with E-state index >= 15 is 0 Å². The molecule has 11 heavy (non-hydrogen) atoms. The van der Waals surface area contributed by atoms with Gasteiger partial charge in [0, 0.05) is 12.8 Å². The normalized spacial score (nSPS) is 8.55. The lowest BCUT2D eigenvalue weighted by Crippen LogP contribution is -1.87. The van der Waals surface area contributed by atoms with Crippen molar-refractivity contribution in [1.29, 1.82) is 0 Å². The van der Waals surface area contributed by atoms with Gasteiger partial charge in [0.05, 0.1) is 0 Å². The Morgan fingerprint density at radius 2 is 2.00 bits per heavy atom. The number of hydrogen-bond acceptors (Lipinski definition) is 1. The van der Waals surface area contributed by atoms with Crippen LogP contribution < -0.4 is 0 Å². The fourth-order valence-electron chi connectivity index (χ4n) is 0.713. The lowest BCUT2D eigenvalue weighted by Gasteiger charge is -1.87. The van der Waals surface area contributed by atoms with Gasteiger partial charge in [-0.2, -0.15) is 0 Å². The molecule has 62 valence electrons. The van der Waals surface area contributed by atoms with Crippen molar-refractivity contribution in [3.05, 3.63) is 0 Å². The third-order valence-electron chi connectivity index (χ3n) is 1.45. The van der Waals surface area contributed by atoms with Crippen LogP contribution in [-0.2, 0) is 4.79 Å². The minimum Gasteiger partial charge on any atom is -0.285 e. The molecule has 0 rings (SSSR count). The van der Waals surface area contributed by atoms with Gasteiger partial charge in [-0.15, -0.1) is 0 Å². The summed E-state index contributed by atoms with van der Waals surface area (Å²) in [6, 6.07) is 0. The summed E-state index contributed by atoms with van der Waals surface area (Å²) in [6.45, 7) is 3.99. The molecule has 0 amide bonds. The van der Waals surface area contributed by atoms with Gasteiger partial charge in [-0.25, -0.2) is 0 Å². The van der Waals surface area contributed by atoms with Crippen LogP contribution in [0, 0.1) is 11.8 Å². The Kier molecular flexibility index (Phi) is 6.82. The predicted molar refractivity (Wildman–Crippen MR) is 47.2 cm³/mol. The molecule has 0 heterocycles. The van der Waals surface area contributed by atoms with Crippen molar-refractivity contribution < 1.29 is 4.79 Å². The van der Waals surface area contributed by atoms with E-state index in [9.17, 15) is 4.79 Å². The zero-order valence-electron chi connectivity index (χ0n) is 7.44. The molecule has 0 spiro atoms. The van der Waals surface area contributed by atoms with Crippen LogP contribution in [0.15, 0.2) is 0 Å². The van der Waals surface area contributed by atoms with Gasteiger partial charge >= 0.3 is 0 Å². The van der Waals surface area contributed by atoms with Gasteiger partial charge in [-0.1, -0.05) is 32.6 Å². The van der Waals surface area contributed by atoms with Crippen LogP contribution in [0.5, 0.6) is 0 Å². The third-order valence-corrected chi connectivity index (χ3v) is 1.45. The second-order valence-electron chi connectivity index (χ2n) is 2.54. The smallest absolute Gasteiger partial charge is 0.205 e. The largest absolute Gasteiger partial charge is 0.285 e. The first-order valence-electron chi connectivity index (χ1n) is 4.33. The van der Waals surface area contributed by atoms with E-state index < -0.39 is 0 Å². The average Bonchev–Trinajstić information content (AvgIpc) is 2.04. The fraction of sp³-hybridized carbons (Fsp3) is 0.700. The molecule has 0 N–H and O–H groups in total. The highest BCUT2D eigenvalue weighted by molar-refractivity contribution is 5.95. The number of Topliss-reactive ketones (excluding diaryl/α,β-unsaturated/α-hetero) is 1. The summed E-state index contributed by atoms with van der Waals surface area (Å²) in [6.07, 6.45) is 4.97. The Hall–Kier alpha value is -0.770. The maximum atomic E-state index is 10.7. The second-order valence-corrected chi connectivity index (χ2v) is 2.54. The van der Waals surface area contributed by atoms with E-state index in [1.165, 1.54) is 12.8 Å². The third kappa shape index (κ3) is 7.12. The Bertz CT molecular complexity index is 159. The number of unbranched alkanes of at least 4 members (excludes halogenated alkanes) is 3. The maximum absolute atomic E-state index is 10.7. The minimum atomic E-state index is 0.0569. The molecule has 1 nitrogen and oxygen atoms in total. The van der Waals surface area contributed by atoms with E-state index in [0.717, 1.165) is 12.8 Å². The van der Waals surface area contributed by atoms with Gasteiger partial charge in [-0.3, -0.25) is 4.79 Å². The molecule has 0 aliphatic rings. The predicted octanol–water partition coefficient (Wildman–Crippen LogP) is 2.55. The fourth-order valence-corrected chi connectivity index (χ4v) is 0.713. The average molecular weight is 152 g/mol. The maximum Gasteiger partial charge on any atom is 0.205 e. The molecule has 0 fully saturated rings. The van der Waals surface area contributed by atoms with Gasteiger partial charge in [0.1, 0.15) is 0 Å². The van der Waals surface area contributed by atoms with Crippen molar-refractivity contribution in [3.8, 4) is 11.8 Å². The summed E-state index contributed by atoms with van der Waals surface area (Å²) in [5.41, 5.74) is 0. The standard InChI is InChI=1S/C10H16O/c1-3-5-6-7-8-9-10(11)4-2/h3-7H2,1-2H3. The van der Waals surface area contributed by atoms with E-state index in [2.05, 4.69) is 18.8 Å². The number of hydrogen-bond donors (Lipinski definition) is 0. The van der Waals surface area contributed by atoms with Crippen LogP contribution in [0.1, 0.15) is 46.0 Å². The van der Waals surface area contributed by atoms with Gasteiger partial charge < -0.3 is 0 Å². The summed E-state index contributed by atoms with van der Waals surface area (Å²) in [4.78, 5) is 10.7. The van der Waals surface area contributed by atoms with Crippen LogP contribution in [-0.4, -0.2) is 5.78 Å². The number of rotatable bonds is 4. The number of carbonyl (C=O) groups excluding carboxylic acids is 1. The molecule has 0 aliphatic heterocycles. The molecule has 0 aromatic rings. The summed E-state index contributed by atoms with van der Waals surface area (Å²) in [5, 5.41) is 0. The summed E-state index contributed by atoms with van der Waals surface area (Å²) >= 11 is 0. The van der Waals surface area contributed by atoms with Crippen LogP contribution in [0.25, 0.3) is 0 Å². The van der Waals surface area contributed by atoms with Gasteiger partial charge in [0.2, 0.25) is 5.78 Å². The molecular weight excluding hydrogens is 136 g/mol. The van der Waals surface area contributed by atoms with Crippen molar-refractivity contribution >= 4 is 5.78 Å². The van der Waals surface area contributed by atoms with Gasteiger partial charge in [0.25, 0.3) is 0 Å². The molecule has 0 unspecified atom stereocenters. The Morgan fingerprint density at radius 1 is 1.27 bits per heavy atom. The van der Waals surface area contributed by atoms with Crippen LogP contribution in [0.3, 0.4) is 0 Å². The number of carbonyl (C=O) groups is 1. The molecule has 0 aliphatic carbocycles. The van der Waals surface area contributed by atoms with E-state index in [0.29, 0.717) is 6.42 Å². The SMILES string of the molecule is CCCCCC#CC(=O)CC. The molecule has 0 atom stereocenters. The van der Waals surface area contributed by atoms with E-state index in [1.54, 1.807) is 0 Å². The molecule has 0 radical (unpaired) electrons. The van der Waals surface area contributed by atoms with Crippen LogP contribution in [0.4, 0.5) is 0 Å². The first-order chi connectivity index (χ1) is 5.31. The van der Waals surface area contributed by atoms with Crippen molar-refractivity contribution in [2.45, 2.75) is 46.0 Å². The first-order valence-corrected chi connectivity index (χ1v) is 4.33. The monoisotopic (exact) mass is 152 g/mol. The van der Waals surface area contributed by atoms with Crippen molar-refractivity contribution in [3.63, 3.8) is 0 Å². The van der Waals surface area contributed by atoms with Crippen molar-refractivity contribution in [1.82, 2.24) is 0 Å². The molecule has 0 saturated carbocycles. The number of ketones is 1. The highest BCUT2D eigenvalue weighted by Gasteiger charge is 1.87. The molecule has 1 heteroatoms. The van der Waals surface area contributed by atoms with Gasteiger partial charge in [0.15, 0.2) is 0 Å². The van der Waals surface area contributed by atoms with E-state index in [-0.39, 0.29) is 5.78 Å². The Labute approximate surface area is 69.2 Å². The Morgan fingerprint density at radius 3 is 2.55 bits per heavy atom. The highest BCUT2D eigenvalue weighted by atomic mass is 16.1. The molecule has 0 aromatic carbocycles. The second kappa shape index (κ2) is 7.34. The van der Waals surface area contributed by atoms with Crippen LogP contribution in [0.2, 0.25) is 0 Å². The lowest BCUT2D eigenvalue weighted by molar-refractivity contribution is -0.113. The molecule has 0 bridgehead atoms. The summed E-state index contributed by atoms with van der Waals surface area (Å²) in [7, 11) is 0. The van der Waals surface area contributed by atoms with E-state index in [1.807, 2.05) is 6.92 Å². The van der Waals surface area contributed by atoms with Crippen LogP contribution >= 0.6 is 0 Å². The van der Waals surface area contributed by atoms with Gasteiger partial charge in [-0.05, 0) is 12.3 Å². The molecular formula is C10H16O. The minimum absolute atomic E-state index is 0.0569. The zero-order valence-corrected chi connectivity index (χ0v) is 7.44. The summed E-state index contributed by atoms with van der Waals surface area (Å²) in [5.74, 6) is 5.53. The highest BCUT2D eigenvalue weighted by Crippen LogP contribution is 1.96. The molecule has 0 saturated heterocycles. The molecule has 0 aromatic heterocycles. The lowest BCUT2D eigenvalue weighted by atomic mass is 10.2. The first kappa shape index (κ1) is 10.2. The Balaban J connectivity index is 3.32.